The van der Waals surface area contributed by atoms with Gasteiger partial charge in [-0.25, -0.2) is 9.36 Å². The van der Waals surface area contributed by atoms with Crippen LogP contribution in [-0.2, 0) is 11.3 Å². The number of nitrogens with zero attached hydrogens (tertiary/aromatic N) is 3. The van der Waals surface area contributed by atoms with Crippen LogP contribution in [0.2, 0.25) is 0 Å². The summed E-state index contributed by atoms with van der Waals surface area (Å²) in [5.74, 6) is 0.414. The third kappa shape index (κ3) is 3.33. The number of thiophene rings is 1. The second-order valence-corrected chi connectivity index (χ2v) is 8.76. The number of ether oxygens (including phenoxy) is 1. The molecule has 8 heteroatoms. The molecule has 0 aliphatic carbocycles. The number of carbonyl (C=O) groups excluding carboxylic acids is 1. The van der Waals surface area contributed by atoms with Crippen LogP contribution in [0, 0.1) is 13.8 Å². The molecule has 1 aliphatic heterocycles. The van der Waals surface area contributed by atoms with E-state index >= 15 is 0 Å². The van der Waals surface area contributed by atoms with Crippen molar-refractivity contribution >= 4 is 33.1 Å². The van der Waals surface area contributed by atoms with Gasteiger partial charge in [-0.1, -0.05) is 18.2 Å². The maximum atomic E-state index is 13.5. The van der Waals surface area contributed by atoms with Crippen LogP contribution in [-0.4, -0.2) is 28.2 Å². The Kier molecular flexibility index (Phi) is 4.94. The van der Waals surface area contributed by atoms with Crippen LogP contribution in [0.15, 0.2) is 63.5 Å². The van der Waals surface area contributed by atoms with E-state index in [9.17, 15) is 14.4 Å². The van der Waals surface area contributed by atoms with Crippen molar-refractivity contribution in [1.29, 1.82) is 0 Å². The minimum Gasteiger partial charge on any atom is -0.490 e. The lowest BCUT2D eigenvalue weighted by molar-refractivity contribution is -0.119. The smallest absolute Gasteiger partial charge is 0.336 e. The van der Waals surface area contributed by atoms with E-state index in [1.165, 1.54) is 15.9 Å². The lowest BCUT2D eigenvalue weighted by Gasteiger charge is -2.30. The van der Waals surface area contributed by atoms with Crippen LogP contribution >= 0.6 is 11.3 Å². The molecule has 7 nitrogen and oxygen atoms in total. The molecule has 0 saturated heterocycles. The number of benzene rings is 2. The zero-order valence-electron chi connectivity index (χ0n) is 17.7. The molecule has 2 aromatic heterocycles. The zero-order valence-corrected chi connectivity index (χ0v) is 18.5. The molecule has 4 aromatic rings. The number of carbonyl (C=O) groups is 1. The first kappa shape index (κ1) is 20.3. The lowest BCUT2D eigenvalue weighted by atomic mass is 10.1. The van der Waals surface area contributed by atoms with Crippen molar-refractivity contribution in [1.82, 2.24) is 9.13 Å². The van der Waals surface area contributed by atoms with Gasteiger partial charge in [-0.15, -0.1) is 11.3 Å². The normalized spacial score (nSPS) is 13.1. The van der Waals surface area contributed by atoms with Crippen molar-refractivity contribution in [3.8, 4) is 11.4 Å². The highest BCUT2D eigenvalue weighted by Gasteiger charge is 2.26. The highest BCUT2D eigenvalue weighted by Crippen LogP contribution is 2.32. The monoisotopic (exact) mass is 447 g/mol. The number of hydrogen-bond donors (Lipinski definition) is 0. The van der Waals surface area contributed by atoms with Crippen LogP contribution in [0.1, 0.15) is 11.1 Å². The summed E-state index contributed by atoms with van der Waals surface area (Å²) in [6.45, 7) is 4.46. The van der Waals surface area contributed by atoms with Gasteiger partial charge in [0.05, 0.1) is 23.4 Å². The van der Waals surface area contributed by atoms with E-state index in [0.29, 0.717) is 40.5 Å². The third-order valence-electron chi connectivity index (χ3n) is 5.59. The number of anilines is 1. The van der Waals surface area contributed by atoms with E-state index in [1.54, 1.807) is 34.5 Å². The van der Waals surface area contributed by atoms with Gasteiger partial charge in [0.15, 0.2) is 0 Å². The first-order valence-electron chi connectivity index (χ1n) is 10.3. The van der Waals surface area contributed by atoms with Crippen molar-refractivity contribution in [2.24, 2.45) is 0 Å². The fourth-order valence-electron chi connectivity index (χ4n) is 4.04. The molecule has 0 N–H and O–H groups in total. The Labute approximate surface area is 187 Å². The Morgan fingerprint density at radius 1 is 1.06 bits per heavy atom. The molecule has 162 valence electrons. The maximum Gasteiger partial charge on any atom is 0.336 e. The van der Waals surface area contributed by atoms with Crippen molar-refractivity contribution < 1.29 is 9.53 Å². The van der Waals surface area contributed by atoms with Crippen LogP contribution in [0.3, 0.4) is 0 Å². The minimum absolute atomic E-state index is 0.175. The van der Waals surface area contributed by atoms with E-state index in [2.05, 4.69) is 0 Å². The fourth-order valence-corrected chi connectivity index (χ4v) is 4.87. The number of rotatable bonds is 3. The first-order chi connectivity index (χ1) is 15.4. The van der Waals surface area contributed by atoms with E-state index in [1.807, 2.05) is 38.1 Å². The Morgan fingerprint density at radius 2 is 1.88 bits per heavy atom. The predicted molar refractivity (Wildman–Crippen MR) is 125 cm³/mol. The van der Waals surface area contributed by atoms with Crippen molar-refractivity contribution in [2.45, 2.75) is 20.4 Å². The molecule has 5 rings (SSSR count). The second-order valence-electron chi connectivity index (χ2n) is 7.85. The number of fused-ring (bicyclic) bond motifs is 2. The van der Waals surface area contributed by atoms with Gasteiger partial charge in [-0.3, -0.25) is 14.2 Å². The minimum atomic E-state index is -0.530. The second kappa shape index (κ2) is 7.80. The quantitative estimate of drug-likeness (QED) is 0.483. The van der Waals surface area contributed by atoms with Crippen LogP contribution in [0.25, 0.3) is 15.9 Å². The molecule has 0 spiro atoms. The molecule has 3 heterocycles. The summed E-state index contributed by atoms with van der Waals surface area (Å²) in [5, 5.41) is 1.76. The third-order valence-corrected chi connectivity index (χ3v) is 6.48. The number of hydrogen-bond acceptors (Lipinski definition) is 5. The molecule has 0 fully saturated rings. The summed E-state index contributed by atoms with van der Waals surface area (Å²) < 4.78 is 8.67. The molecule has 0 atom stereocenters. The first-order valence-corrected chi connectivity index (χ1v) is 11.2. The van der Waals surface area contributed by atoms with Crippen molar-refractivity contribution in [3.63, 3.8) is 0 Å². The molecule has 0 saturated carbocycles. The van der Waals surface area contributed by atoms with E-state index in [-0.39, 0.29) is 18.0 Å². The average molecular weight is 448 g/mol. The van der Waals surface area contributed by atoms with Gasteiger partial charge >= 0.3 is 5.69 Å². The van der Waals surface area contributed by atoms with Crippen LogP contribution in [0.4, 0.5) is 5.69 Å². The molecule has 32 heavy (non-hydrogen) atoms. The molecule has 0 bridgehead atoms. The van der Waals surface area contributed by atoms with Crippen molar-refractivity contribution in [2.75, 3.05) is 18.1 Å². The molecular weight excluding hydrogens is 426 g/mol. The number of aromatic nitrogens is 2. The van der Waals surface area contributed by atoms with Gasteiger partial charge < -0.3 is 9.64 Å². The van der Waals surface area contributed by atoms with E-state index < -0.39 is 5.69 Å². The largest absolute Gasteiger partial charge is 0.490 e. The Hall–Kier alpha value is -3.65. The van der Waals surface area contributed by atoms with Gasteiger partial charge in [-0.2, -0.15) is 0 Å². The average Bonchev–Trinajstić information content (AvgIpc) is 3.26. The molecular formula is C24H21N3O4S. The molecule has 0 unspecified atom stereocenters. The van der Waals surface area contributed by atoms with E-state index in [4.69, 9.17) is 4.74 Å². The summed E-state index contributed by atoms with van der Waals surface area (Å²) in [4.78, 5) is 41.6. The van der Waals surface area contributed by atoms with Gasteiger partial charge in [-0.05, 0) is 60.7 Å². The van der Waals surface area contributed by atoms with Crippen LogP contribution in [0.5, 0.6) is 5.75 Å². The Bertz CT molecular complexity index is 1480. The van der Waals surface area contributed by atoms with Gasteiger partial charge in [0.25, 0.3) is 5.56 Å². The Morgan fingerprint density at radius 3 is 2.69 bits per heavy atom. The lowest BCUT2D eigenvalue weighted by Crippen LogP contribution is -2.44. The summed E-state index contributed by atoms with van der Waals surface area (Å²) in [6, 6.07) is 14.6. The highest BCUT2D eigenvalue weighted by molar-refractivity contribution is 7.17. The topological polar surface area (TPSA) is 73.5 Å². The number of aryl methyl sites for hydroxylation is 2. The summed E-state index contributed by atoms with van der Waals surface area (Å²) in [5.41, 5.74) is 2.70. The molecule has 1 amide bonds. The summed E-state index contributed by atoms with van der Waals surface area (Å²) >= 11 is 1.27. The fraction of sp³-hybridized carbons (Fsp3) is 0.208. The predicted octanol–water partition coefficient (Wildman–Crippen LogP) is 3.26. The number of amides is 1. The molecule has 1 aliphatic rings. The summed E-state index contributed by atoms with van der Waals surface area (Å²) in [6.07, 6.45) is 0. The van der Waals surface area contributed by atoms with Crippen LogP contribution < -0.4 is 20.9 Å². The van der Waals surface area contributed by atoms with Crippen molar-refractivity contribution in [3.05, 3.63) is 85.9 Å². The SMILES string of the molecule is Cc1cccc(-n2c(=O)c3sccc3n(CC(=O)N3CCOc4ccc(C)cc43)c2=O)c1. The molecule has 0 radical (unpaired) electrons. The van der Waals surface area contributed by atoms with Gasteiger partial charge in [0, 0.05) is 0 Å². The standard InChI is InChI=1S/C24H21N3O4S/c1-15-4-3-5-17(12-15)27-23(29)22-18(8-11-32-22)26(24(27)30)14-21(28)25-9-10-31-20-7-6-16(2)13-19(20)25/h3-8,11-13H,9-10,14H2,1-2H3. The van der Waals surface area contributed by atoms with Gasteiger partial charge in [0.1, 0.15) is 23.6 Å². The highest BCUT2D eigenvalue weighted by atomic mass is 32.1. The maximum absolute atomic E-state index is 13.5. The zero-order chi connectivity index (χ0) is 22.4. The van der Waals surface area contributed by atoms with Gasteiger partial charge in [0.2, 0.25) is 5.91 Å². The summed E-state index contributed by atoms with van der Waals surface area (Å²) in [7, 11) is 0. The van der Waals surface area contributed by atoms with E-state index in [0.717, 1.165) is 15.7 Å². The molecule has 2 aromatic carbocycles. The Balaban J connectivity index is 1.63.